The second kappa shape index (κ2) is 5.87. The van der Waals surface area contributed by atoms with E-state index in [1.807, 2.05) is 43.2 Å². The molecular formula is C13H16O2. The SMILES string of the molecule is C#CC(=O)OC(CCC)c1ccccc1.[HH]. The Hall–Kier alpha value is -1.75. The van der Waals surface area contributed by atoms with Crippen molar-refractivity contribution in [2.75, 3.05) is 0 Å². The molecule has 1 atom stereocenters. The van der Waals surface area contributed by atoms with Crippen molar-refractivity contribution in [3.05, 3.63) is 35.9 Å². The summed E-state index contributed by atoms with van der Waals surface area (Å²) in [6, 6.07) is 9.63. The molecule has 1 aromatic rings. The Balaban J connectivity index is 0.00000225. The lowest BCUT2D eigenvalue weighted by atomic mass is 10.1. The maximum absolute atomic E-state index is 11.0. The van der Waals surface area contributed by atoms with Gasteiger partial charge < -0.3 is 4.74 Å². The van der Waals surface area contributed by atoms with Crippen LogP contribution in [0.15, 0.2) is 30.3 Å². The molecule has 0 aliphatic carbocycles. The van der Waals surface area contributed by atoms with Gasteiger partial charge in [-0.25, -0.2) is 4.79 Å². The Bertz CT molecular complexity index is 354. The number of hydrogen-bond donors (Lipinski definition) is 0. The minimum Gasteiger partial charge on any atom is -0.448 e. The Morgan fingerprint density at radius 1 is 1.53 bits per heavy atom. The maximum atomic E-state index is 11.0. The van der Waals surface area contributed by atoms with Gasteiger partial charge in [0.2, 0.25) is 0 Å². The second-order valence-corrected chi connectivity index (χ2v) is 3.24. The van der Waals surface area contributed by atoms with Crippen molar-refractivity contribution in [1.82, 2.24) is 0 Å². The predicted octanol–water partition coefficient (Wildman–Crippen LogP) is 2.95. The van der Waals surface area contributed by atoms with Crippen molar-refractivity contribution in [3.8, 4) is 12.3 Å². The van der Waals surface area contributed by atoms with E-state index in [-0.39, 0.29) is 7.53 Å². The normalized spacial score (nSPS) is 11.5. The molecular weight excluding hydrogens is 188 g/mol. The van der Waals surface area contributed by atoms with Gasteiger partial charge in [0, 0.05) is 7.35 Å². The van der Waals surface area contributed by atoms with Gasteiger partial charge in [0.05, 0.1) is 0 Å². The second-order valence-electron chi connectivity index (χ2n) is 3.24. The van der Waals surface area contributed by atoms with Gasteiger partial charge in [-0.05, 0) is 12.0 Å². The number of carbonyl (C=O) groups is 1. The van der Waals surface area contributed by atoms with Crippen LogP contribution in [0.1, 0.15) is 32.9 Å². The third-order valence-electron chi connectivity index (χ3n) is 2.09. The number of esters is 1. The Morgan fingerprint density at radius 2 is 2.20 bits per heavy atom. The molecule has 0 heterocycles. The summed E-state index contributed by atoms with van der Waals surface area (Å²) in [5, 5.41) is 0. The van der Waals surface area contributed by atoms with Crippen molar-refractivity contribution in [2.24, 2.45) is 0 Å². The van der Waals surface area contributed by atoms with Crippen LogP contribution in [0, 0.1) is 12.3 Å². The Morgan fingerprint density at radius 3 is 2.73 bits per heavy atom. The first-order valence-electron chi connectivity index (χ1n) is 5.00. The molecule has 0 fully saturated rings. The van der Waals surface area contributed by atoms with Crippen molar-refractivity contribution < 1.29 is 11.0 Å². The highest BCUT2D eigenvalue weighted by Gasteiger charge is 2.13. The molecule has 0 aliphatic heterocycles. The molecule has 0 saturated heterocycles. The van der Waals surface area contributed by atoms with Gasteiger partial charge >= 0.3 is 5.97 Å². The number of hydrogen-bond acceptors (Lipinski definition) is 2. The summed E-state index contributed by atoms with van der Waals surface area (Å²) >= 11 is 0. The van der Waals surface area contributed by atoms with Crippen molar-refractivity contribution in [3.63, 3.8) is 0 Å². The molecule has 1 aromatic carbocycles. The van der Waals surface area contributed by atoms with Crippen molar-refractivity contribution in [1.29, 1.82) is 0 Å². The molecule has 0 amide bonds. The van der Waals surface area contributed by atoms with Crippen molar-refractivity contribution in [2.45, 2.75) is 25.9 Å². The average molecular weight is 204 g/mol. The Labute approximate surface area is 91.7 Å². The molecule has 0 aromatic heterocycles. The quantitative estimate of drug-likeness (QED) is 0.428. The highest BCUT2D eigenvalue weighted by atomic mass is 16.5. The molecule has 80 valence electrons. The highest BCUT2D eigenvalue weighted by molar-refractivity contribution is 5.87. The topological polar surface area (TPSA) is 26.3 Å². The maximum Gasteiger partial charge on any atom is 0.384 e. The molecule has 0 aliphatic rings. The van der Waals surface area contributed by atoms with E-state index in [1.165, 1.54) is 0 Å². The molecule has 0 N–H and O–H groups in total. The lowest BCUT2D eigenvalue weighted by molar-refractivity contribution is -0.142. The minimum atomic E-state index is -0.600. The summed E-state index contributed by atoms with van der Waals surface area (Å²) in [4.78, 5) is 11.0. The Kier molecular flexibility index (Phi) is 4.43. The average Bonchev–Trinajstić information content (AvgIpc) is 2.29. The number of terminal acetylenes is 1. The van der Waals surface area contributed by atoms with Gasteiger partial charge in [0.15, 0.2) is 0 Å². The van der Waals surface area contributed by atoms with Gasteiger partial charge in [-0.15, -0.1) is 6.42 Å². The van der Waals surface area contributed by atoms with E-state index in [0.29, 0.717) is 0 Å². The van der Waals surface area contributed by atoms with Crippen LogP contribution >= 0.6 is 0 Å². The molecule has 0 spiro atoms. The third-order valence-corrected chi connectivity index (χ3v) is 2.09. The van der Waals surface area contributed by atoms with Crippen LogP contribution in [0.25, 0.3) is 0 Å². The molecule has 0 radical (unpaired) electrons. The number of rotatable bonds is 4. The van der Waals surface area contributed by atoms with Gasteiger partial charge in [0.1, 0.15) is 6.10 Å². The fraction of sp³-hybridized carbons (Fsp3) is 0.308. The van der Waals surface area contributed by atoms with Crippen LogP contribution in [0.2, 0.25) is 0 Å². The zero-order chi connectivity index (χ0) is 11.1. The predicted molar refractivity (Wildman–Crippen MR) is 61.1 cm³/mol. The van der Waals surface area contributed by atoms with Gasteiger partial charge in [0.25, 0.3) is 0 Å². The molecule has 2 nitrogen and oxygen atoms in total. The molecule has 1 unspecified atom stereocenters. The zero-order valence-corrected chi connectivity index (χ0v) is 8.77. The fourth-order valence-electron chi connectivity index (χ4n) is 1.39. The van der Waals surface area contributed by atoms with Crippen LogP contribution in [-0.2, 0) is 9.53 Å². The van der Waals surface area contributed by atoms with E-state index in [9.17, 15) is 4.79 Å². The van der Waals surface area contributed by atoms with Gasteiger partial charge in [-0.2, -0.15) is 0 Å². The van der Waals surface area contributed by atoms with E-state index in [2.05, 4.69) is 0 Å². The standard InChI is InChI=1S/C13H14O2.H2/c1-3-8-12(15-13(14)4-2)11-9-6-5-7-10-11;/h2,5-7,9-10,12H,3,8H2,1H3;1H. The van der Waals surface area contributed by atoms with Crippen LogP contribution < -0.4 is 0 Å². The number of ether oxygens (including phenoxy) is 1. The van der Waals surface area contributed by atoms with Crippen molar-refractivity contribution >= 4 is 5.97 Å². The lowest BCUT2D eigenvalue weighted by Gasteiger charge is -2.15. The summed E-state index contributed by atoms with van der Waals surface area (Å²) in [6.45, 7) is 2.04. The van der Waals surface area contributed by atoms with Crippen LogP contribution in [-0.4, -0.2) is 5.97 Å². The molecule has 1 rings (SSSR count). The first-order chi connectivity index (χ1) is 7.27. The molecule has 0 saturated carbocycles. The van der Waals surface area contributed by atoms with Gasteiger partial charge in [-0.1, -0.05) is 43.7 Å². The monoisotopic (exact) mass is 204 g/mol. The summed E-state index contributed by atoms with van der Waals surface area (Å²) < 4.78 is 5.15. The van der Waals surface area contributed by atoms with E-state index in [4.69, 9.17) is 11.2 Å². The minimum absolute atomic E-state index is 0. The first kappa shape index (κ1) is 11.3. The lowest BCUT2D eigenvalue weighted by Crippen LogP contribution is -2.09. The van der Waals surface area contributed by atoms with E-state index in [0.717, 1.165) is 18.4 Å². The number of benzene rings is 1. The third kappa shape index (κ3) is 3.47. The van der Waals surface area contributed by atoms with Crippen LogP contribution in [0.4, 0.5) is 0 Å². The van der Waals surface area contributed by atoms with Crippen LogP contribution in [0.3, 0.4) is 0 Å². The molecule has 0 bridgehead atoms. The molecule has 2 heteroatoms. The van der Waals surface area contributed by atoms with E-state index >= 15 is 0 Å². The smallest absolute Gasteiger partial charge is 0.384 e. The summed E-state index contributed by atoms with van der Waals surface area (Å²) in [5.74, 6) is 1.36. The number of carbonyl (C=O) groups excluding carboxylic acids is 1. The largest absolute Gasteiger partial charge is 0.448 e. The first-order valence-corrected chi connectivity index (χ1v) is 5.00. The highest BCUT2D eigenvalue weighted by Crippen LogP contribution is 2.22. The fourth-order valence-corrected chi connectivity index (χ4v) is 1.39. The molecule has 15 heavy (non-hydrogen) atoms. The summed E-state index contributed by atoms with van der Waals surface area (Å²) in [6.07, 6.45) is 6.48. The van der Waals surface area contributed by atoms with E-state index < -0.39 is 5.97 Å². The van der Waals surface area contributed by atoms with E-state index in [1.54, 1.807) is 0 Å². The van der Waals surface area contributed by atoms with Crippen LogP contribution in [0.5, 0.6) is 0 Å². The zero-order valence-electron chi connectivity index (χ0n) is 8.77. The summed E-state index contributed by atoms with van der Waals surface area (Å²) in [7, 11) is 0. The summed E-state index contributed by atoms with van der Waals surface area (Å²) in [5.41, 5.74) is 0.989. The van der Waals surface area contributed by atoms with Gasteiger partial charge in [-0.3, -0.25) is 0 Å².